The van der Waals surface area contributed by atoms with Crippen molar-refractivity contribution in [3.63, 3.8) is 0 Å². The summed E-state index contributed by atoms with van der Waals surface area (Å²) in [5, 5.41) is 0. The van der Waals surface area contributed by atoms with Crippen molar-refractivity contribution < 1.29 is 13.2 Å². The van der Waals surface area contributed by atoms with Crippen LogP contribution in [-0.4, -0.2) is 57.1 Å². The van der Waals surface area contributed by atoms with Crippen LogP contribution in [0.15, 0.2) is 59.5 Å². The molecule has 0 radical (unpaired) electrons. The van der Waals surface area contributed by atoms with E-state index in [0.29, 0.717) is 12.1 Å². The summed E-state index contributed by atoms with van der Waals surface area (Å²) < 4.78 is 23.6. The number of nitrogens with zero attached hydrogens (tertiary/aromatic N) is 2. The lowest BCUT2D eigenvalue weighted by Gasteiger charge is -2.40. The number of hydrogen-bond donors (Lipinski definition) is 0. The van der Waals surface area contributed by atoms with Crippen molar-refractivity contribution in [1.82, 2.24) is 9.80 Å². The van der Waals surface area contributed by atoms with Crippen molar-refractivity contribution in [1.29, 1.82) is 0 Å². The molecule has 0 saturated carbocycles. The number of piperazine rings is 1. The fourth-order valence-electron chi connectivity index (χ4n) is 3.15. The van der Waals surface area contributed by atoms with E-state index < -0.39 is 9.84 Å². The standard InChI is InChI=1S/C19H22N2O3S/c1-20-11-12-21(18(14-20)15-7-4-3-5-8-15)19(22)16-9-6-10-17(13-16)25(2,23)24/h3-10,13,18H,11-12,14H2,1-2H3/t18-/m0/s1. The van der Waals surface area contributed by atoms with Gasteiger partial charge in [-0.25, -0.2) is 8.42 Å². The predicted octanol–water partition coefficient (Wildman–Crippen LogP) is 2.22. The second-order valence-corrected chi connectivity index (χ2v) is 8.50. The molecule has 5 nitrogen and oxygen atoms in total. The lowest BCUT2D eigenvalue weighted by atomic mass is 10.0. The zero-order valence-corrected chi connectivity index (χ0v) is 15.2. The van der Waals surface area contributed by atoms with Gasteiger partial charge in [-0.05, 0) is 30.8 Å². The van der Waals surface area contributed by atoms with E-state index in [0.717, 1.165) is 24.9 Å². The van der Waals surface area contributed by atoms with Crippen LogP contribution < -0.4 is 0 Å². The SMILES string of the molecule is CN1CCN(C(=O)c2cccc(S(C)(=O)=O)c2)[C@H](c2ccccc2)C1. The summed E-state index contributed by atoms with van der Waals surface area (Å²) in [6.07, 6.45) is 1.15. The maximum absolute atomic E-state index is 13.1. The van der Waals surface area contributed by atoms with Gasteiger partial charge in [-0.2, -0.15) is 0 Å². The minimum Gasteiger partial charge on any atom is -0.329 e. The molecule has 1 aliphatic heterocycles. The molecule has 2 aromatic carbocycles. The number of carbonyl (C=O) groups is 1. The summed E-state index contributed by atoms with van der Waals surface area (Å²) in [6.45, 7) is 2.15. The highest BCUT2D eigenvalue weighted by Gasteiger charge is 2.31. The molecule has 1 atom stereocenters. The third-order valence-corrected chi connectivity index (χ3v) is 5.65. The van der Waals surface area contributed by atoms with Gasteiger partial charge in [0.25, 0.3) is 5.91 Å². The van der Waals surface area contributed by atoms with Gasteiger partial charge in [-0.1, -0.05) is 36.4 Å². The maximum atomic E-state index is 13.1. The third-order valence-electron chi connectivity index (χ3n) is 4.54. The minimum absolute atomic E-state index is 0.0469. The summed E-state index contributed by atoms with van der Waals surface area (Å²) in [4.78, 5) is 17.3. The van der Waals surface area contributed by atoms with E-state index in [-0.39, 0.29) is 16.8 Å². The number of amides is 1. The van der Waals surface area contributed by atoms with Crippen LogP contribution in [0.2, 0.25) is 0 Å². The van der Waals surface area contributed by atoms with E-state index in [9.17, 15) is 13.2 Å². The number of benzene rings is 2. The Morgan fingerprint density at radius 1 is 1.04 bits per heavy atom. The number of hydrogen-bond acceptors (Lipinski definition) is 4. The van der Waals surface area contributed by atoms with Crippen molar-refractivity contribution in [2.75, 3.05) is 32.9 Å². The number of rotatable bonds is 3. The Bertz CT molecular complexity index is 865. The van der Waals surface area contributed by atoms with Crippen LogP contribution in [0.4, 0.5) is 0 Å². The minimum atomic E-state index is -3.34. The van der Waals surface area contributed by atoms with Gasteiger partial charge in [0, 0.05) is 31.5 Å². The van der Waals surface area contributed by atoms with Gasteiger partial charge in [-0.3, -0.25) is 4.79 Å². The molecule has 0 aromatic heterocycles. The second-order valence-electron chi connectivity index (χ2n) is 6.49. The normalized spacial score (nSPS) is 19.0. The highest BCUT2D eigenvalue weighted by atomic mass is 32.2. The zero-order valence-electron chi connectivity index (χ0n) is 14.4. The second kappa shape index (κ2) is 6.98. The van der Waals surface area contributed by atoms with Gasteiger partial charge >= 0.3 is 0 Å². The van der Waals surface area contributed by atoms with Crippen molar-refractivity contribution >= 4 is 15.7 Å². The maximum Gasteiger partial charge on any atom is 0.254 e. The molecule has 1 saturated heterocycles. The monoisotopic (exact) mass is 358 g/mol. The van der Waals surface area contributed by atoms with Gasteiger partial charge in [0.15, 0.2) is 9.84 Å². The van der Waals surface area contributed by atoms with Crippen LogP contribution in [0.25, 0.3) is 0 Å². The molecular formula is C19H22N2O3S. The highest BCUT2D eigenvalue weighted by Crippen LogP contribution is 2.27. The largest absolute Gasteiger partial charge is 0.329 e. The molecular weight excluding hydrogens is 336 g/mol. The average Bonchev–Trinajstić information content (AvgIpc) is 2.61. The number of likely N-dealkylation sites (N-methyl/N-ethyl adjacent to an activating group) is 1. The zero-order chi connectivity index (χ0) is 18.0. The van der Waals surface area contributed by atoms with Gasteiger partial charge in [-0.15, -0.1) is 0 Å². The molecule has 1 amide bonds. The molecule has 0 unspecified atom stereocenters. The quantitative estimate of drug-likeness (QED) is 0.844. The Hall–Kier alpha value is -2.18. The van der Waals surface area contributed by atoms with Crippen LogP contribution in [0.5, 0.6) is 0 Å². The van der Waals surface area contributed by atoms with Gasteiger partial charge in [0.05, 0.1) is 10.9 Å². The Morgan fingerprint density at radius 3 is 2.44 bits per heavy atom. The third kappa shape index (κ3) is 3.91. The molecule has 1 fully saturated rings. The molecule has 25 heavy (non-hydrogen) atoms. The fraction of sp³-hybridized carbons (Fsp3) is 0.316. The molecule has 1 aliphatic rings. The molecule has 0 aliphatic carbocycles. The van der Waals surface area contributed by atoms with Crippen molar-refractivity contribution in [2.24, 2.45) is 0 Å². The molecule has 0 spiro atoms. The van der Waals surface area contributed by atoms with Gasteiger partial charge in [0.1, 0.15) is 0 Å². The van der Waals surface area contributed by atoms with Crippen LogP contribution in [0.3, 0.4) is 0 Å². The first kappa shape index (κ1) is 17.6. The number of carbonyl (C=O) groups excluding carboxylic acids is 1. The molecule has 0 N–H and O–H groups in total. The smallest absolute Gasteiger partial charge is 0.254 e. The Balaban J connectivity index is 1.94. The summed E-state index contributed by atoms with van der Waals surface area (Å²) in [5.74, 6) is -0.132. The molecule has 132 valence electrons. The number of sulfone groups is 1. The lowest BCUT2D eigenvalue weighted by molar-refractivity contribution is 0.0498. The van der Waals surface area contributed by atoms with E-state index in [1.165, 1.54) is 12.1 Å². The van der Waals surface area contributed by atoms with Gasteiger partial charge in [0.2, 0.25) is 0 Å². The van der Waals surface area contributed by atoms with Crippen molar-refractivity contribution in [3.8, 4) is 0 Å². The van der Waals surface area contributed by atoms with Crippen LogP contribution in [-0.2, 0) is 9.84 Å². The topological polar surface area (TPSA) is 57.7 Å². The van der Waals surface area contributed by atoms with Gasteiger partial charge < -0.3 is 9.80 Å². The molecule has 3 rings (SSSR count). The summed E-state index contributed by atoms with van der Waals surface area (Å²) in [5.41, 5.74) is 1.50. The lowest BCUT2D eigenvalue weighted by Crippen LogP contribution is -2.49. The Labute approximate surface area is 148 Å². The van der Waals surface area contributed by atoms with E-state index in [1.807, 2.05) is 42.3 Å². The average molecular weight is 358 g/mol. The first-order chi connectivity index (χ1) is 11.9. The Morgan fingerprint density at radius 2 is 1.76 bits per heavy atom. The van der Waals surface area contributed by atoms with E-state index in [4.69, 9.17) is 0 Å². The highest BCUT2D eigenvalue weighted by molar-refractivity contribution is 7.90. The molecule has 1 heterocycles. The molecule has 6 heteroatoms. The van der Waals surface area contributed by atoms with E-state index in [1.54, 1.807) is 12.1 Å². The van der Waals surface area contributed by atoms with E-state index in [2.05, 4.69) is 4.90 Å². The van der Waals surface area contributed by atoms with Crippen LogP contribution in [0, 0.1) is 0 Å². The van der Waals surface area contributed by atoms with Crippen molar-refractivity contribution in [3.05, 3.63) is 65.7 Å². The predicted molar refractivity (Wildman–Crippen MR) is 97.3 cm³/mol. The molecule has 0 bridgehead atoms. The van der Waals surface area contributed by atoms with Crippen molar-refractivity contribution in [2.45, 2.75) is 10.9 Å². The van der Waals surface area contributed by atoms with Crippen LogP contribution in [0.1, 0.15) is 22.0 Å². The first-order valence-electron chi connectivity index (χ1n) is 8.21. The summed E-state index contributed by atoms with van der Waals surface area (Å²) >= 11 is 0. The Kier molecular flexibility index (Phi) is 4.92. The fourth-order valence-corrected chi connectivity index (χ4v) is 3.82. The summed E-state index contributed by atoms with van der Waals surface area (Å²) in [6, 6.07) is 16.2. The van der Waals surface area contributed by atoms with Crippen LogP contribution >= 0.6 is 0 Å². The molecule has 2 aromatic rings. The summed E-state index contributed by atoms with van der Waals surface area (Å²) in [7, 11) is -1.30. The van der Waals surface area contributed by atoms with E-state index >= 15 is 0 Å². The first-order valence-corrected chi connectivity index (χ1v) is 10.1.